The topological polar surface area (TPSA) is 15.3 Å². The van der Waals surface area contributed by atoms with Gasteiger partial charge >= 0.3 is 0 Å². The number of benzene rings is 1. The minimum absolute atomic E-state index is 0.394. The molecule has 0 spiro atoms. The van der Waals surface area contributed by atoms with Crippen molar-refractivity contribution in [1.82, 2.24) is 10.2 Å². The smallest absolute Gasteiger partial charge is 0.0237 e. The molecule has 1 fully saturated rings. The third-order valence-electron chi connectivity index (χ3n) is 3.77. The molecule has 2 rings (SSSR count). The molecule has 1 heterocycles. The summed E-state index contributed by atoms with van der Waals surface area (Å²) in [6.07, 6.45) is 2.51. The number of hydrogen-bond donors (Lipinski definition) is 1. The van der Waals surface area contributed by atoms with Gasteiger partial charge in [-0.25, -0.2) is 0 Å². The van der Waals surface area contributed by atoms with Gasteiger partial charge in [-0.3, -0.25) is 4.90 Å². The van der Waals surface area contributed by atoms with Crippen molar-refractivity contribution in [2.45, 2.75) is 46.2 Å². The van der Waals surface area contributed by atoms with Crippen LogP contribution < -0.4 is 5.32 Å². The second-order valence-corrected chi connectivity index (χ2v) is 6.93. The molecule has 1 atom stereocenters. The fraction of sp³-hybridized carbons (Fsp3) is 0.647. The Morgan fingerprint density at radius 2 is 1.95 bits per heavy atom. The summed E-state index contributed by atoms with van der Waals surface area (Å²) in [6, 6.07) is 11.5. The minimum Gasteiger partial charge on any atom is -0.315 e. The predicted octanol–water partition coefficient (Wildman–Crippen LogP) is 3.29. The molecule has 0 aromatic heterocycles. The Labute approximate surface area is 118 Å². The molecule has 19 heavy (non-hydrogen) atoms. The van der Waals surface area contributed by atoms with E-state index in [9.17, 15) is 0 Å². The average Bonchev–Trinajstić information content (AvgIpc) is 2.55. The molecular weight excluding hydrogens is 232 g/mol. The summed E-state index contributed by atoms with van der Waals surface area (Å²) in [5.41, 5.74) is 1.83. The Bertz CT molecular complexity index is 367. The molecule has 1 aliphatic rings. The van der Waals surface area contributed by atoms with Gasteiger partial charge in [-0.1, -0.05) is 51.1 Å². The molecule has 1 unspecified atom stereocenters. The Morgan fingerprint density at radius 3 is 2.63 bits per heavy atom. The van der Waals surface area contributed by atoms with Crippen molar-refractivity contribution in [3.63, 3.8) is 0 Å². The second-order valence-electron chi connectivity index (χ2n) is 6.93. The van der Waals surface area contributed by atoms with Crippen LogP contribution in [0.1, 0.15) is 39.2 Å². The number of hydrogen-bond acceptors (Lipinski definition) is 2. The van der Waals surface area contributed by atoms with Gasteiger partial charge in [0.15, 0.2) is 0 Å². The van der Waals surface area contributed by atoms with Crippen LogP contribution in [0.5, 0.6) is 0 Å². The van der Waals surface area contributed by atoms with Gasteiger partial charge in [-0.05, 0) is 30.4 Å². The van der Waals surface area contributed by atoms with Gasteiger partial charge in [0.1, 0.15) is 0 Å². The van der Waals surface area contributed by atoms with E-state index in [1.807, 2.05) is 0 Å². The van der Waals surface area contributed by atoms with E-state index in [0.29, 0.717) is 11.5 Å². The lowest BCUT2D eigenvalue weighted by molar-refractivity contribution is 0.151. The third kappa shape index (κ3) is 4.96. The molecule has 2 nitrogen and oxygen atoms in total. The van der Waals surface area contributed by atoms with Crippen molar-refractivity contribution < 1.29 is 0 Å². The summed E-state index contributed by atoms with van der Waals surface area (Å²) in [7, 11) is 0. The molecule has 0 radical (unpaired) electrons. The quantitative estimate of drug-likeness (QED) is 0.897. The maximum atomic E-state index is 3.59. The van der Waals surface area contributed by atoms with Gasteiger partial charge in [0.25, 0.3) is 0 Å². The van der Waals surface area contributed by atoms with Crippen molar-refractivity contribution in [3.05, 3.63) is 35.9 Å². The molecule has 2 heteroatoms. The van der Waals surface area contributed by atoms with Crippen molar-refractivity contribution >= 4 is 0 Å². The zero-order chi connectivity index (χ0) is 13.7. The highest BCUT2D eigenvalue weighted by molar-refractivity contribution is 5.14. The van der Waals surface area contributed by atoms with E-state index < -0.39 is 0 Å². The van der Waals surface area contributed by atoms with Crippen LogP contribution in [0.3, 0.4) is 0 Å². The zero-order valence-electron chi connectivity index (χ0n) is 12.7. The van der Waals surface area contributed by atoms with Gasteiger partial charge < -0.3 is 5.32 Å². The number of rotatable bonds is 3. The van der Waals surface area contributed by atoms with Gasteiger partial charge in [0.2, 0.25) is 0 Å². The highest BCUT2D eigenvalue weighted by Gasteiger charge is 2.25. The lowest BCUT2D eigenvalue weighted by atomic mass is 9.87. The summed E-state index contributed by atoms with van der Waals surface area (Å²) in [6.45, 7) is 11.6. The van der Waals surface area contributed by atoms with Crippen LogP contribution in [0.25, 0.3) is 0 Å². The Hall–Kier alpha value is -0.860. The predicted molar refractivity (Wildman–Crippen MR) is 82.2 cm³/mol. The first-order valence-corrected chi connectivity index (χ1v) is 7.53. The number of nitrogens with one attached hydrogen (secondary N) is 1. The van der Waals surface area contributed by atoms with Crippen LogP contribution in [0.4, 0.5) is 0 Å². The normalized spacial score (nSPS) is 22.2. The van der Waals surface area contributed by atoms with Crippen LogP contribution in [-0.2, 0) is 6.54 Å². The van der Waals surface area contributed by atoms with Crippen molar-refractivity contribution in [3.8, 4) is 0 Å². The SMILES string of the molecule is CC(C)(C)CC1CNCCCN1Cc1ccccc1. The molecule has 1 aromatic carbocycles. The fourth-order valence-corrected chi connectivity index (χ4v) is 2.92. The lowest BCUT2D eigenvalue weighted by Crippen LogP contribution is -2.41. The third-order valence-corrected chi connectivity index (χ3v) is 3.77. The maximum Gasteiger partial charge on any atom is 0.0237 e. The molecule has 1 aliphatic heterocycles. The van der Waals surface area contributed by atoms with Crippen LogP contribution in [0, 0.1) is 5.41 Å². The lowest BCUT2D eigenvalue weighted by Gasteiger charge is -2.34. The van der Waals surface area contributed by atoms with Crippen LogP contribution in [-0.4, -0.2) is 30.6 Å². The van der Waals surface area contributed by atoms with E-state index in [4.69, 9.17) is 0 Å². The first-order chi connectivity index (χ1) is 9.04. The minimum atomic E-state index is 0.394. The second kappa shape index (κ2) is 6.53. The highest BCUT2D eigenvalue weighted by Crippen LogP contribution is 2.25. The van der Waals surface area contributed by atoms with Gasteiger partial charge in [-0.15, -0.1) is 0 Å². The highest BCUT2D eigenvalue weighted by atomic mass is 15.2. The molecule has 106 valence electrons. The zero-order valence-corrected chi connectivity index (χ0v) is 12.7. The average molecular weight is 260 g/mol. The van der Waals surface area contributed by atoms with Gasteiger partial charge in [0, 0.05) is 25.7 Å². The van der Waals surface area contributed by atoms with E-state index in [1.54, 1.807) is 0 Å². The summed E-state index contributed by atoms with van der Waals surface area (Å²) in [4.78, 5) is 2.67. The molecule has 0 aliphatic carbocycles. The molecule has 1 aromatic rings. The van der Waals surface area contributed by atoms with E-state index >= 15 is 0 Å². The number of nitrogens with zero attached hydrogens (tertiary/aromatic N) is 1. The van der Waals surface area contributed by atoms with Crippen LogP contribution in [0.15, 0.2) is 30.3 Å². The van der Waals surface area contributed by atoms with E-state index in [1.165, 1.54) is 24.9 Å². The molecule has 1 saturated heterocycles. The monoisotopic (exact) mass is 260 g/mol. The first kappa shape index (κ1) is 14.5. The molecular formula is C17H28N2. The maximum absolute atomic E-state index is 3.59. The fourth-order valence-electron chi connectivity index (χ4n) is 2.92. The summed E-state index contributed by atoms with van der Waals surface area (Å²) in [5, 5.41) is 3.59. The Balaban J connectivity index is 2.04. The van der Waals surface area contributed by atoms with Crippen molar-refractivity contribution in [2.75, 3.05) is 19.6 Å². The summed E-state index contributed by atoms with van der Waals surface area (Å²) < 4.78 is 0. The van der Waals surface area contributed by atoms with E-state index in [0.717, 1.165) is 19.6 Å². The van der Waals surface area contributed by atoms with Gasteiger partial charge in [0.05, 0.1) is 0 Å². The van der Waals surface area contributed by atoms with E-state index in [-0.39, 0.29) is 0 Å². The molecule has 0 saturated carbocycles. The van der Waals surface area contributed by atoms with Crippen molar-refractivity contribution in [2.24, 2.45) is 5.41 Å². The van der Waals surface area contributed by atoms with E-state index in [2.05, 4.69) is 61.3 Å². The summed E-state index contributed by atoms with van der Waals surface area (Å²) in [5.74, 6) is 0. The largest absolute Gasteiger partial charge is 0.315 e. The van der Waals surface area contributed by atoms with Crippen molar-refractivity contribution in [1.29, 1.82) is 0 Å². The molecule has 0 bridgehead atoms. The summed E-state index contributed by atoms with van der Waals surface area (Å²) >= 11 is 0. The Morgan fingerprint density at radius 1 is 1.21 bits per heavy atom. The standard InChI is InChI=1S/C17H28N2/c1-17(2,3)12-16-13-18-10-7-11-19(16)14-15-8-5-4-6-9-15/h4-6,8-9,16,18H,7,10-14H2,1-3H3. The molecule has 1 N–H and O–H groups in total. The van der Waals surface area contributed by atoms with Crippen LogP contribution in [0.2, 0.25) is 0 Å². The van der Waals surface area contributed by atoms with Gasteiger partial charge in [-0.2, -0.15) is 0 Å². The first-order valence-electron chi connectivity index (χ1n) is 7.53. The van der Waals surface area contributed by atoms with Crippen LogP contribution >= 0.6 is 0 Å². The molecule has 0 amide bonds. The Kier molecular flexibility index (Phi) is 5.00.